The van der Waals surface area contributed by atoms with Crippen molar-refractivity contribution in [3.05, 3.63) is 54.1 Å². The maximum absolute atomic E-state index is 12.5. The van der Waals surface area contributed by atoms with Crippen molar-refractivity contribution in [2.45, 2.75) is 16.3 Å². The first-order chi connectivity index (χ1) is 9.95. The molecule has 0 aromatic heterocycles. The van der Waals surface area contributed by atoms with Gasteiger partial charge in [-0.3, -0.25) is 0 Å². The van der Waals surface area contributed by atoms with Crippen LogP contribution in [0.1, 0.15) is 5.56 Å². The minimum atomic E-state index is -3.58. The van der Waals surface area contributed by atoms with Gasteiger partial charge in [-0.2, -0.15) is 4.31 Å². The lowest BCUT2D eigenvalue weighted by atomic mass is 10.2. The number of anilines is 1. The summed E-state index contributed by atoms with van der Waals surface area (Å²) in [5.41, 5.74) is 6.97. The molecule has 0 saturated carbocycles. The molecule has 0 unspecified atom stereocenters. The molecule has 0 heterocycles. The fourth-order valence-electron chi connectivity index (χ4n) is 1.96. The number of rotatable bonds is 5. The molecule has 112 valence electrons. The minimum Gasteiger partial charge on any atom is -0.398 e. The van der Waals surface area contributed by atoms with Crippen molar-refractivity contribution in [2.75, 3.05) is 19.0 Å². The summed E-state index contributed by atoms with van der Waals surface area (Å²) in [4.78, 5) is 1.30. The molecular formula is C15H18N2O2S2. The molecule has 2 aromatic carbocycles. The molecule has 6 heteroatoms. The molecule has 0 aliphatic carbocycles. The summed E-state index contributed by atoms with van der Waals surface area (Å²) in [6.07, 6.45) is 2.00. The Labute approximate surface area is 130 Å². The summed E-state index contributed by atoms with van der Waals surface area (Å²) < 4.78 is 26.4. The topological polar surface area (TPSA) is 63.4 Å². The predicted octanol–water partition coefficient (Wildman–Crippen LogP) is 2.81. The van der Waals surface area contributed by atoms with Crippen LogP contribution in [0.2, 0.25) is 0 Å². The zero-order chi connectivity index (χ0) is 15.5. The van der Waals surface area contributed by atoms with E-state index in [0.29, 0.717) is 6.54 Å². The molecule has 0 aliphatic heterocycles. The van der Waals surface area contributed by atoms with Crippen molar-refractivity contribution in [3.63, 3.8) is 0 Å². The SMILES string of the molecule is CSc1ccc(CN(C)S(=O)(=O)c2ccccc2N)cc1. The largest absolute Gasteiger partial charge is 0.398 e. The van der Waals surface area contributed by atoms with Gasteiger partial charge in [0.1, 0.15) is 4.90 Å². The molecular weight excluding hydrogens is 304 g/mol. The maximum atomic E-state index is 12.5. The Balaban J connectivity index is 2.22. The normalized spacial score (nSPS) is 11.8. The number of hydrogen-bond donors (Lipinski definition) is 1. The smallest absolute Gasteiger partial charge is 0.245 e. The van der Waals surface area contributed by atoms with Crippen molar-refractivity contribution in [3.8, 4) is 0 Å². The average molecular weight is 322 g/mol. The van der Waals surface area contributed by atoms with Crippen LogP contribution in [0.5, 0.6) is 0 Å². The van der Waals surface area contributed by atoms with E-state index in [9.17, 15) is 8.42 Å². The van der Waals surface area contributed by atoms with Gasteiger partial charge in [-0.05, 0) is 36.1 Å². The number of benzene rings is 2. The highest BCUT2D eigenvalue weighted by molar-refractivity contribution is 7.98. The zero-order valence-corrected chi connectivity index (χ0v) is 13.6. The summed E-state index contributed by atoms with van der Waals surface area (Å²) in [5.74, 6) is 0. The van der Waals surface area contributed by atoms with Gasteiger partial charge in [0.15, 0.2) is 0 Å². The monoisotopic (exact) mass is 322 g/mol. The van der Waals surface area contributed by atoms with Crippen LogP contribution in [0.3, 0.4) is 0 Å². The lowest BCUT2D eigenvalue weighted by Gasteiger charge is -2.18. The number of hydrogen-bond acceptors (Lipinski definition) is 4. The van der Waals surface area contributed by atoms with E-state index in [4.69, 9.17) is 5.73 Å². The van der Waals surface area contributed by atoms with E-state index in [0.717, 1.165) is 10.5 Å². The highest BCUT2D eigenvalue weighted by Gasteiger charge is 2.22. The first-order valence-electron chi connectivity index (χ1n) is 6.39. The van der Waals surface area contributed by atoms with Crippen LogP contribution in [0.25, 0.3) is 0 Å². The Morgan fingerprint density at radius 3 is 2.29 bits per heavy atom. The van der Waals surface area contributed by atoms with Crippen molar-refractivity contribution in [2.24, 2.45) is 0 Å². The Bertz CT molecular complexity index is 713. The van der Waals surface area contributed by atoms with Gasteiger partial charge in [-0.15, -0.1) is 11.8 Å². The Hall–Kier alpha value is -1.50. The Kier molecular flexibility index (Phi) is 4.92. The highest BCUT2D eigenvalue weighted by atomic mass is 32.2. The second kappa shape index (κ2) is 6.51. The lowest BCUT2D eigenvalue weighted by molar-refractivity contribution is 0.467. The molecule has 0 atom stereocenters. The van der Waals surface area contributed by atoms with E-state index in [1.807, 2.05) is 30.5 Å². The van der Waals surface area contributed by atoms with Gasteiger partial charge in [-0.25, -0.2) is 8.42 Å². The van der Waals surface area contributed by atoms with E-state index >= 15 is 0 Å². The Morgan fingerprint density at radius 2 is 1.71 bits per heavy atom. The fourth-order valence-corrected chi connectivity index (χ4v) is 3.64. The van der Waals surface area contributed by atoms with E-state index < -0.39 is 10.0 Å². The predicted molar refractivity (Wildman–Crippen MR) is 87.7 cm³/mol. The van der Waals surface area contributed by atoms with Crippen LogP contribution in [-0.4, -0.2) is 26.0 Å². The number of nitrogen functional groups attached to an aromatic ring is 1. The summed E-state index contributed by atoms with van der Waals surface area (Å²) in [6.45, 7) is 0.311. The fraction of sp³-hybridized carbons (Fsp3) is 0.200. The molecule has 2 rings (SSSR count). The van der Waals surface area contributed by atoms with Gasteiger partial charge in [-0.1, -0.05) is 24.3 Å². The molecule has 0 spiro atoms. The van der Waals surface area contributed by atoms with Crippen molar-refractivity contribution in [1.82, 2.24) is 4.31 Å². The third-order valence-corrected chi connectivity index (χ3v) is 5.79. The molecule has 2 aromatic rings. The summed E-state index contributed by atoms with van der Waals surface area (Å²) >= 11 is 1.65. The molecule has 21 heavy (non-hydrogen) atoms. The number of nitrogens with zero attached hydrogens (tertiary/aromatic N) is 1. The van der Waals surface area contributed by atoms with Crippen LogP contribution in [0.4, 0.5) is 5.69 Å². The quantitative estimate of drug-likeness (QED) is 0.679. The molecule has 4 nitrogen and oxygen atoms in total. The first kappa shape index (κ1) is 15.9. The van der Waals surface area contributed by atoms with Gasteiger partial charge >= 0.3 is 0 Å². The molecule has 0 fully saturated rings. The lowest BCUT2D eigenvalue weighted by Crippen LogP contribution is -2.27. The van der Waals surface area contributed by atoms with Gasteiger partial charge in [0.25, 0.3) is 0 Å². The third kappa shape index (κ3) is 3.58. The average Bonchev–Trinajstić information content (AvgIpc) is 2.48. The van der Waals surface area contributed by atoms with Crippen LogP contribution < -0.4 is 5.73 Å². The summed E-state index contributed by atoms with van der Waals surface area (Å²) in [7, 11) is -2.02. The first-order valence-corrected chi connectivity index (χ1v) is 9.05. The van der Waals surface area contributed by atoms with Crippen LogP contribution >= 0.6 is 11.8 Å². The van der Waals surface area contributed by atoms with Gasteiger partial charge in [0, 0.05) is 18.5 Å². The molecule has 2 N–H and O–H groups in total. The number of thioether (sulfide) groups is 1. The van der Waals surface area contributed by atoms with E-state index in [-0.39, 0.29) is 10.6 Å². The van der Waals surface area contributed by atoms with Crippen molar-refractivity contribution in [1.29, 1.82) is 0 Å². The Morgan fingerprint density at radius 1 is 1.10 bits per heavy atom. The number of nitrogens with two attached hydrogens (primary N) is 1. The highest BCUT2D eigenvalue weighted by Crippen LogP contribution is 2.23. The third-order valence-electron chi connectivity index (χ3n) is 3.17. The molecule has 0 bridgehead atoms. The number of para-hydroxylation sites is 1. The van der Waals surface area contributed by atoms with E-state index in [1.54, 1.807) is 37.0 Å². The van der Waals surface area contributed by atoms with E-state index in [1.165, 1.54) is 10.4 Å². The standard InChI is InChI=1S/C15H18N2O2S2/c1-17(11-12-7-9-13(20-2)10-8-12)21(18,19)15-6-4-3-5-14(15)16/h3-10H,11,16H2,1-2H3. The zero-order valence-electron chi connectivity index (χ0n) is 12.0. The van der Waals surface area contributed by atoms with Gasteiger partial charge in [0.05, 0.1) is 5.69 Å². The van der Waals surface area contributed by atoms with Crippen molar-refractivity contribution < 1.29 is 8.42 Å². The van der Waals surface area contributed by atoms with Crippen LogP contribution in [-0.2, 0) is 16.6 Å². The van der Waals surface area contributed by atoms with Crippen molar-refractivity contribution >= 4 is 27.5 Å². The maximum Gasteiger partial charge on any atom is 0.245 e. The number of sulfonamides is 1. The minimum absolute atomic E-state index is 0.147. The van der Waals surface area contributed by atoms with Crippen LogP contribution in [0, 0.1) is 0 Å². The molecule has 0 aliphatic rings. The van der Waals surface area contributed by atoms with Crippen LogP contribution in [0.15, 0.2) is 58.3 Å². The summed E-state index contributed by atoms with van der Waals surface area (Å²) in [5, 5.41) is 0. The molecule has 0 saturated heterocycles. The second-order valence-electron chi connectivity index (χ2n) is 4.65. The molecule has 0 amide bonds. The summed E-state index contributed by atoms with van der Waals surface area (Å²) in [6, 6.07) is 14.3. The van der Waals surface area contributed by atoms with E-state index in [2.05, 4.69) is 0 Å². The van der Waals surface area contributed by atoms with Gasteiger partial charge < -0.3 is 5.73 Å². The molecule has 0 radical (unpaired) electrons. The van der Waals surface area contributed by atoms with Gasteiger partial charge in [0.2, 0.25) is 10.0 Å². The second-order valence-corrected chi connectivity index (χ2v) is 7.54.